The SMILES string of the molecule is CCOCC1CCCN(C(=O)CCc2ccco2)C1. The fraction of sp³-hybridized carbons (Fsp3) is 0.667. The van der Waals surface area contributed by atoms with Crippen LogP contribution in [0.15, 0.2) is 22.8 Å². The maximum atomic E-state index is 12.2. The molecule has 19 heavy (non-hydrogen) atoms. The molecule has 1 aromatic heterocycles. The van der Waals surface area contributed by atoms with E-state index in [1.165, 1.54) is 6.42 Å². The molecule has 1 unspecified atom stereocenters. The van der Waals surface area contributed by atoms with Crippen molar-refractivity contribution in [2.45, 2.75) is 32.6 Å². The molecule has 1 amide bonds. The molecule has 1 saturated heterocycles. The smallest absolute Gasteiger partial charge is 0.223 e. The Balaban J connectivity index is 1.75. The number of hydrogen-bond donors (Lipinski definition) is 0. The van der Waals surface area contributed by atoms with Crippen LogP contribution < -0.4 is 0 Å². The first kappa shape index (κ1) is 14.1. The maximum absolute atomic E-state index is 12.2. The minimum absolute atomic E-state index is 0.234. The number of rotatable bonds is 6. The molecule has 4 nitrogen and oxygen atoms in total. The van der Waals surface area contributed by atoms with Crippen LogP contribution in [0.1, 0.15) is 31.9 Å². The van der Waals surface area contributed by atoms with Gasteiger partial charge in [0.1, 0.15) is 5.76 Å². The first-order valence-electron chi connectivity index (χ1n) is 7.17. The molecule has 1 aromatic rings. The van der Waals surface area contributed by atoms with Gasteiger partial charge in [-0.1, -0.05) is 0 Å². The lowest BCUT2D eigenvalue weighted by Gasteiger charge is -2.32. The minimum Gasteiger partial charge on any atom is -0.469 e. The fourth-order valence-corrected chi connectivity index (χ4v) is 2.56. The Morgan fingerprint density at radius 1 is 1.58 bits per heavy atom. The van der Waals surface area contributed by atoms with Crippen molar-refractivity contribution in [3.05, 3.63) is 24.2 Å². The van der Waals surface area contributed by atoms with Crippen LogP contribution in [0.2, 0.25) is 0 Å². The summed E-state index contributed by atoms with van der Waals surface area (Å²) < 4.78 is 10.7. The Bertz CT molecular complexity index is 375. The molecule has 2 rings (SSSR count). The van der Waals surface area contributed by atoms with Gasteiger partial charge in [-0.15, -0.1) is 0 Å². The molecular formula is C15H23NO3. The summed E-state index contributed by atoms with van der Waals surface area (Å²) in [5, 5.41) is 0. The van der Waals surface area contributed by atoms with E-state index in [1.54, 1.807) is 6.26 Å². The van der Waals surface area contributed by atoms with Crippen LogP contribution in [-0.4, -0.2) is 37.1 Å². The van der Waals surface area contributed by atoms with Crippen molar-refractivity contribution in [2.75, 3.05) is 26.3 Å². The summed E-state index contributed by atoms with van der Waals surface area (Å²) in [5.74, 6) is 1.62. The van der Waals surface area contributed by atoms with E-state index in [0.29, 0.717) is 18.8 Å². The number of aryl methyl sites for hydroxylation is 1. The topological polar surface area (TPSA) is 42.7 Å². The van der Waals surface area contributed by atoms with Crippen LogP contribution in [0.25, 0.3) is 0 Å². The molecule has 0 aromatic carbocycles. The predicted molar refractivity (Wildman–Crippen MR) is 72.8 cm³/mol. The van der Waals surface area contributed by atoms with Crippen molar-refractivity contribution in [3.63, 3.8) is 0 Å². The fourth-order valence-electron chi connectivity index (χ4n) is 2.56. The number of carbonyl (C=O) groups excluding carboxylic acids is 1. The second-order valence-corrected chi connectivity index (χ2v) is 5.09. The van der Waals surface area contributed by atoms with E-state index in [4.69, 9.17) is 9.15 Å². The van der Waals surface area contributed by atoms with Crippen LogP contribution in [0, 0.1) is 5.92 Å². The Labute approximate surface area is 114 Å². The zero-order chi connectivity index (χ0) is 13.5. The molecule has 0 N–H and O–H groups in total. The zero-order valence-corrected chi connectivity index (χ0v) is 11.6. The minimum atomic E-state index is 0.234. The third-order valence-electron chi connectivity index (χ3n) is 3.59. The Morgan fingerprint density at radius 2 is 2.47 bits per heavy atom. The van der Waals surface area contributed by atoms with Crippen molar-refractivity contribution >= 4 is 5.91 Å². The highest BCUT2D eigenvalue weighted by atomic mass is 16.5. The molecule has 0 radical (unpaired) electrons. The number of likely N-dealkylation sites (tertiary alicyclic amines) is 1. The lowest BCUT2D eigenvalue weighted by molar-refractivity contribution is -0.133. The molecule has 1 fully saturated rings. The van der Waals surface area contributed by atoms with Crippen molar-refractivity contribution in [3.8, 4) is 0 Å². The van der Waals surface area contributed by atoms with Crippen molar-refractivity contribution in [2.24, 2.45) is 5.92 Å². The van der Waals surface area contributed by atoms with Gasteiger partial charge >= 0.3 is 0 Å². The summed E-state index contributed by atoms with van der Waals surface area (Å²) in [7, 11) is 0. The van der Waals surface area contributed by atoms with Crippen LogP contribution in [0.4, 0.5) is 0 Å². The summed E-state index contributed by atoms with van der Waals surface area (Å²) in [6.45, 7) is 5.27. The number of furan rings is 1. The van der Waals surface area contributed by atoms with Gasteiger partial charge in [0.05, 0.1) is 12.9 Å². The van der Waals surface area contributed by atoms with Gasteiger partial charge in [0.25, 0.3) is 0 Å². The molecule has 0 bridgehead atoms. The molecule has 0 spiro atoms. The van der Waals surface area contributed by atoms with Crippen LogP contribution in [0.5, 0.6) is 0 Å². The third kappa shape index (κ3) is 4.39. The number of hydrogen-bond acceptors (Lipinski definition) is 3. The van der Waals surface area contributed by atoms with E-state index >= 15 is 0 Å². The average molecular weight is 265 g/mol. The lowest BCUT2D eigenvalue weighted by atomic mass is 9.98. The largest absolute Gasteiger partial charge is 0.469 e. The van der Waals surface area contributed by atoms with E-state index in [2.05, 4.69) is 0 Å². The number of amides is 1. The van der Waals surface area contributed by atoms with Crippen LogP contribution in [-0.2, 0) is 16.0 Å². The van der Waals surface area contributed by atoms with E-state index in [9.17, 15) is 4.79 Å². The molecule has 1 aliphatic rings. The summed E-state index contributed by atoms with van der Waals surface area (Å²) in [5.41, 5.74) is 0. The second kappa shape index (κ2) is 7.34. The quantitative estimate of drug-likeness (QED) is 0.793. The number of carbonyl (C=O) groups is 1. The molecule has 106 valence electrons. The highest BCUT2D eigenvalue weighted by Crippen LogP contribution is 2.18. The van der Waals surface area contributed by atoms with E-state index in [1.807, 2.05) is 24.0 Å². The van der Waals surface area contributed by atoms with Crippen LogP contribution in [0.3, 0.4) is 0 Å². The number of ether oxygens (including phenoxy) is 1. The molecule has 0 saturated carbocycles. The summed E-state index contributed by atoms with van der Waals surface area (Å²) in [6, 6.07) is 3.78. The van der Waals surface area contributed by atoms with Crippen LogP contribution >= 0.6 is 0 Å². The molecule has 0 aliphatic carbocycles. The van der Waals surface area contributed by atoms with Gasteiger partial charge < -0.3 is 14.1 Å². The molecule has 4 heteroatoms. The third-order valence-corrected chi connectivity index (χ3v) is 3.59. The zero-order valence-electron chi connectivity index (χ0n) is 11.6. The van der Waals surface area contributed by atoms with Crippen molar-refractivity contribution in [1.29, 1.82) is 0 Å². The standard InChI is InChI=1S/C15H23NO3/c1-2-18-12-13-5-3-9-16(11-13)15(17)8-7-14-6-4-10-19-14/h4,6,10,13H,2-3,5,7-9,11-12H2,1H3. The molecular weight excluding hydrogens is 242 g/mol. The van der Waals surface area contributed by atoms with Gasteiger partial charge in [0.2, 0.25) is 5.91 Å². The van der Waals surface area contributed by atoms with Gasteiger partial charge in [-0.3, -0.25) is 4.79 Å². The van der Waals surface area contributed by atoms with E-state index < -0.39 is 0 Å². The van der Waals surface area contributed by atoms with Gasteiger partial charge in [-0.2, -0.15) is 0 Å². The number of piperidine rings is 1. The summed E-state index contributed by atoms with van der Waals surface area (Å²) in [6.07, 6.45) is 5.14. The Morgan fingerprint density at radius 3 is 3.21 bits per heavy atom. The highest BCUT2D eigenvalue weighted by molar-refractivity contribution is 5.76. The second-order valence-electron chi connectivity index (χ2n) is 5.09. The van der Waals surface area contributed by atoms with E-state index in [0.717, 1.165) is 38.5 Å². The monoisotopic (exact) mass is 265 g/mol. The first-order valence-corrected chi connectivity index (χ1v) is 7.17. The first-order chi connectivity index (χ1) is 9.29. The average Bonchev–Trinajstić information content (AvgIpc) is 2.96. The highest BCUT2D eigenvalue weighted by Gasteiger charge is 2.23. The molecule has 1 atom stereocenters. The Hall–Kier alpha value is -1.29. The normalized spacial score (nSPS) is 19.6. The van der Waals surface area contributed by atoms with Crippen molar-refractivity contribution < 1.29 is 13.9 Å². The van der Waals surface area contributed by atoms with Gasteiger partial charge in [-0.25, -0.2) is 0 Å². The van der Waals surface area contributed by atoms with Gasteiger partial charge in [0.15, 0.2) is 0 Å². The molecule has 1 aliphatic heterocycles. The van der Waals surface area contributed by atoms with Gasteiger partial charge in [-0.05, 0) is 37.8 Å². The summed E-state index contributed by atoms with van der Waals surface area (Å²) in [4.78, 5) is 14.1. The summed E-state index contributed by atoms with van der Waals surface area (Å²) >= 11 is 0. The maximum Gasteiger partial charge on any atom is 0.223 e. The van der Waals surface area contributed by atoms with Crippen molar-refractivity contribution in [1.82, 2.24) is 4.90 Å². The number of nitrogens with zero attached hydrogens (tertiary/aromatic N) is 1. The predicted octanol–water partition coefficient (Wildman–Crippen LogP) is 2.49. The van der Waals surface area contributed by atoms with Gasteiger partial charge in [0, 0.05) is 32.5 Å². The lowest BCUT2D eigenvalue weighted by Crippen LogP contribution is -2.41. The van der Waals surface area contributed by atoms with E-state index in [-0.39, 0.29) is 5.91 Å². The Kier molecular flexibility index (Phi) is 5.45. The molecule has 2 heterocycles.